The Morgan fingerprint density at radius 3 is 2.33 bits per heavy atom. The van der Waals surface area contributed by atoms with Crippen LogP contribution in [-0.2, 0) is 17.8 Å². The molecule has 0 saturated heterocycles. The second-order valence-electron chi connectivity index (χ2n) is 6.58. The third kappa shape index (κ3) is 3.81. The second-order valence-corrected chi connectivity index (χ2v) is 7.49. The Bertz CT molecular complexity index is 1100. The lowest BCUT2D eigenvalue weighted by Gasteiger charge is -2.07. The zero-order valence-electron chi connectivity index (χ0n) is 14.6. The molecular weight excluding hydrogens is 402 g/mol. The molecule has 0 radical (unpaired) electrons. The van der Waals surface area contributed by atoms with Crippen molar-refractivity contribution in [3.63, 3.8) is 0 Å². The van der Waals surface area contributed by atoms with Crippen LogP contribution in [0.25, 0.3) is 22.0 Å². The minimum Gasteiger partial charge on any atom is -0.481 e. The summed E-state index contributed by atoms with van der Waals surface area (Å²) in [6, 6.07) is 24.8. The number of carboxylic acid groups (broad SMARTS) is 1. The molecule has 0 unspecified atom stereocenters. The molecule has 4 heteroatoms. The predicted octanol–water partition coefficient (Wildman–Crippen LogP) is 5.75. The van der Waals surface area contributed by atoms with Crippen LogP contribution in [0, 0.1) is 0 Å². The summed E-state index contributed by atoms with van der Waals surface area (Å²) in [7, 11) is 0. The molecule has 0 aliphatic heterocycles. The van der Waals surface area contributed by atoms with E-state index in [1.54, 1.807) is 0 Å². The van der Waals surface area contributed by atoms with Gasteiger partial charge >= 0.3 is 5.97 Å². The van der Waals surface area contributed by atoms with Gasteiger partial charge in [-0.25, -0.2) is 0 Å². The van der Waals surface area contributed by atoms with E-state index in [2.05, 4.69) is 56.9 Å². The molecule has 0 bridgehead atoms. The lowest BCUT2D eigenvalue weighted by atomic mass is 10.0. The largest absolute Gasteiger partial charge is 0.481 e. The number of hydrogen-bond acceptors (Lipinski definition) is 1. The van der Waals surface area contributed by atoms with E-state index in [1.165, 1.54) is 16.7 Å². The monoisotopic (exact) mass is 419 g/mol. The number of halogens is 1. The van der Waals surface area contributed by atoms with Gasteiger partial charge in [0, 0.05) is 28.1 Å². The number of aromatic nitrogens is 1. The van der Waals surface area contributed by atoms with E-state index in [9.17, 15) is 9.90 Å². The van der Waals surface area contributed by atoms with Crippen molar-refractivity contribution in [3.8, 4) is 11.1 Å². The molecule has 134 valence electrons. The third-order valence-corrected chi connectivity index (χ3v) is 5.17. The number of fused-ring (bicyclic) bond motifs is 1. The quantitative estimate of drug-likeness (QED) is 0.447. The molecule has 0 fully saturated rings. The van der Waals surface area contributed by atoms with Gasteiger partial charge in [0.15, 0.2) is 0 Å². The minimum absolute atomic E-state index is 0.0207. The molecule has 0 spiro atoms. The smallest absolute Gasteiger partial charge is 0.307 e. The average molecular weight is 420 g/mol. The van der Waals surface area contributed by atoms with E-state index in [1.807, 2.05) is 42.6 Å². The van der Waals surface area contributed by atoms with Gasteiger partial charge in [0.25, 0.3) is 0 Å². The topological polar surface area (TPSA) is 42.2 Å². The summed E-state index contributed by atoms with van der Waals surface area (Å²) in [6.07, 6.45) is 1.98. The van der Waals surface area contributed by atoms with Crippen molar-refractivity contribution in [2.24, 2.45) is 0 Å². The lowest BCUT2D eigenvalue weighted by Crippen LogP contribution is -2.00. The zero-order chi connectivity index (χ0) is 18.8. The Hall–Kier alpha value is -2.85. The van der Waals surface area contributed by atoms with Crippen molar-refractivity contribution in [3.05, 3.63) is 94.6 Å². The van der Waals surface area contributed by atoms with Crippen LogP contribution in [0.15, 0.2) is 83.5 Å². The van der Waals surface area contributed by atoms with Gasteiger partial charge in [0.05, 0.1) is 6.42 Å². The first-order valence-electron chi connectivity index (χ1n) is 8.73. The third-order valence-electron chi connectivity index (χ3n) is 4.68. The molecule has 0 amide bonds. The summed E-state index contributed by atoms with van der Waals surface area (Å²) < 4.78 is 3.07. The Morgan fingerprint density at radius 1 is 0.926 bits per heavy atom. The zero-order valence-corrected chi connectivity index (χ0v) is 16.2. The molecular formula is C23H18BrNO2. The van der Waals surface area contributed by atoms with Crippen LogP contribution in [0.5, 0.6) is 0 Å². The molecule has 0 saturated carbocycles. The number of carboxylic acids is 1. The van der Waals surface area contributed by atoms with Crippen LogP contribution in [-0.4, -0.2) is 15.6 Å². The van der Waals surface area contributed by atoms with E-state index >= 15 is 0 Å². The van der Waals surface area contributed by atoms with Gasteiger partial charge in [-0.1, -0.05) is 70.5 Å². The predicted molar refractivity (Wildman–Crippen MR) is 112 cm³/mol. The van der Waals surface area contributed by atoms with E-state index in [-0.39, 0.29) is 6.42 Å². The van der Waals surface area contributed by atoms with Crippen molar-refractivity contribution in [1.82, 2.24) is 4.57 Å². The standard InChI is InChI=1S/C23H18BrNO2/c24-20-10-11-22-21(13-20)19(12-23(26)27)15-25(22)14-16-6-8-18(9-7-16)17-4-2-1-3-5-17/h1-11,13,15H,12,14H2,(H,26,27). The molecule has 4 aromatic rings. The number of carbonyl (C=O) groups is 1. The number of rotatable bonds is 5. The van der Waals surface area contributed by atoms with E-state index < -0.39 is 5.97 Å². The number of aliphatic carboxylic acids is 1. The Labute approximate surface area is 166 Å². The van der Waals surface area contributed by atoms with E-state index in [4.69, 9.17) is 0 Å². The van der Waals surface area contributed by atoms with Crippen molar-refractivity contribution >= 4 is 32.8 Å². The maximum atomic E-state index is 11.2. The molecule has 1 aromatic heterocycles. The van der Waals surface area contributed by atoms with Crippen LogP contribution in [0.2, 0.25) is 0 Å². The van der Waals surface area contributed by atoms with Crippen molar-refractivity contribution in [1.29, 1.82) is 0 Å². The molecule has 0 atom stereocenters. The van der Waals surface area contributed by atoms with Gasteiger partial charge in [-0.05, 0) is 40.5 Å². The van der Waals surface area contributed by atoms with Crippen molar-refractivity contribution in [2.75, 3.05) is 0 Å². The fourth-order valence-corrected chi connectivity index (χ4v) is 3.77. The molecule has 0 aliphatic rings. The van der Waals surface area contributed by atoms with Gasteiger partial charge < -0.3 is 9.67 Å². The summed E-state index contributed by atoms with van der Waals surface area (Å²) in [5, 5.41) is 10.2. The van der Waals surface area contributed by atoms with E-state index in [0.717, 1.165) is 20.9 Å². The molecule has 3 nitrogen and oxygen atoms in total. The average Bonchev–Trinajstić information content (AvgIpc) is 2.99. The molecule has 27 heavy (non-hydrogen) atoms. The Balaban J connectivity index is 1.66. The normalized spacial score (nSPS) is 11.0. The van der Waals surface area contributed by atoms with Crippen LogP contribution in [0.1, 0.15) is 11.1 Å². The maximum Gasteiger partial charge on any atom is 0.307 e. The molecule has 1 heterocycles. The van der Waals surface area contributed by atoms with E-state index in [0.29, 0.717) is 6.54 Å². The van der Waals surface area contributed by atoms with Gasteiger partial charge in [-0.15, -0.1) is 0 Å². The number of nitrogens with zero attached hydrogens (tertiary/aromatic N) is 1. The molecule has 1 N–H and O–H groups in total. The Morgan fingerprint density at radius 2 is 1.63 bits per heavy atom. The number of benzene rings is 3. The van der Waals surface area contributed by atoms with Crippen LogP contribution >= 0.6 is 15.9 Å². The maximum absolute atomic E-state index is 11.2. The fraction of sp³-hybridized carbons (Fsp3) is 0.0870. The number of hydrogen-bond donors (Lipinski definition) is 1. The molecule has 0 aliphatic carbocycles. The van der Waals surface area contributed by atoms with Crippen molar-refractivity contribution < 1.29 is 9.90 Å². The second kappa shape index (κ2) is 7.41. The van der Waals surface area contributed by atoms with Crippen LogP contribution < -0.4 is 0 Å². The highest BCUT2D eigenvalue weighted by atomic mass is 79.9. The first kappa shape index (κ1) is 17.6. The van der Waals surface area contributed by atoms with Gasteiger partial charge in [-0.2, -0.15) is 0 Å². The van der Waals surface area contributed by atoms with Gasteiger partial charge in [0.1, 0.15) is 0 Å². The summed E-state index contributed by atoms with van der Waals surface area (Å²) in [4.78, 5) is 11.2. The lowest BCUT2D eigenvalue weighted by molar-refractivity contribution is -0.136. The van der Waals surface area contributed by atoms with Crippen LogP contribution in [0.3, 0.4) is 0 Å². The molecule has 3 aromatic carbocycles. The van der Waals surface area contributed by atoms with Crippen LogP contribution in [0.4, 0.5) is 0 Å². The summed E-state index contributed by atoms with van der Waals surface area (Å²) in [6.45, 7) is 0.701. The summed E-state index contributed by atoms with van der Waals surface area (Å²) in [5.74, 6) is -0.818. The fourth-order valence-electron chi connectivity index (χ4n) is 3.41. The van der Waals surface area contributed by atoms with Crippen molar-refractivity contribution in [2.45, 2.75) is 13.0 Å². The summed E-state index contributed by atoms with van der Waals surface area (Å²) >= 11 is 3.48. The highest BCUT2D eigenvalue weighted by Gasteiger charge is 2.12. The van der Waals surface area contributed by atoms with Gasteiger partial charge in [0.2, 0.25) is 0 Å². The van der Waals surface area contributed by atoms with Gasteiger partial charge in [-0.3, -0.25) is 4.79 Å². The first-order valence-corrected chi connectivity index (χ1v) is 9.53. The minimum atomic E-state index is -0.818. The first-order chi connectivity index (χ1) is 13.1. The highest BCUT2D eigenvalue weighted by Crippen LogP contribution is 2.27. The Kier molecular flexibility index (Phi) is 4.82. The SMILES string of the molecule is O=C(O)Cc1cn(Cc2ccc(-c3ccccc3)cc2)c2ccc(Br)cc12. The highest BCUT2D eigenvalue weighted by molar-refractivity contribution is 9.10. The summed E-state index contributed by atoms with van der Waals surface area (Å²) in [5.41, 5.74) is 5.44. The molecule has 4 rings (SSSR count).